The fourth-order valence-electron chi connectivity index (χ4n) is 0.858. The van der Waals surface area contributed by atoms with Crippen molar-refractivity contribution in [3.63, 3.8) is 0 Å². The summed E-state index contributed by atoms with van der Waals surface area (Å²) in [6.07, 6.45) is 3.38. The Morgan fingerprint density at radius 2 is 2.17 bits per heavy atom. The van der Waals surface area contributed by atoms with Gasteiger partial charge in [0.05, 0.1) is 14.2 Å². The zero-order valence-corrected chi connectivity index (χ0v) is 7.20. The Bertz CT molecular complexity index is 284. The molecular weight excluding hydrogens is 154 g/mol. The van der Waals surface area contributed by atoms with E-state index in [1.54, 1.807) is 26.5 Å². The van der Waals surface area contributed by atoms with Gasteiger partial charge in [-0.25, -0.2) is 4.98 Å². The van der Waals surface area contributed by atoms with Gasteiger partial charge in [-0.05, 0) is 11.6 Å². The first kappa shape index (κ1) is 8.59. The van der Waals surface area contributed by atoms with Crippen molar-refractivity contribution >= 4 is 6.08 Å². The second-order valence-corrected chi connectivity index (χ2v) is 2.18. The number of ether oxygens (including phenoxy) is 2. The number of hydrogen-bond acceptors (Lipinski definition) is 3. The van der Waals surface area contributed by atoms with E-state index >= 15 is 0 Å². The van der Waals surface area contributed by atoms with Gasteiger partial charge in [0.15, 0.2) is 5.75 Å². The van der Waals surface area contributed by atoms with Gasteiger partial charge in [0.1, 0.15) is 0 Å². The Hall–Kier alpha value is -1.51. The highest BCUT2D eigenvalue weighted by Gasteiger charge is 2.03. The summed E-state index contributed by atoms with van der Waals surface area (Å²) >= 11 is 0. The number of methoxy groups -OCH3 is 2. The molecule has 1 heterocycles. The third-order valence-corrected chi connectivity index (χ3v) is 1.49. The van der Waals surface area contributed by atoms with E-state index in [0.29, 0.717) is 11.6 Å². The molecule has 0 spiro atoms. The van der Waals surface area contributed by atoms with Gasteiger partial charge < -0.3 is 9.47 Å². The van der Waals surface area contributed by atoms with Crippen LogP contribution in [0, 0.1) is 0 Å². The van der Waals surface area contributed by atoms with Crippen LogP contribution in [0.4, 0.5) is 0 Å². The van der Waals surface area contributed by atoms with Crippen molar-refractivity contribution in [2.45, 2.75) is 0 Å². The maximum absolute atomic E-state index is 5.04. The molecule has 3 nitrogen and oxygen atoms in total. The minimum atomic E-state index is 0.489. The zero-order chi connectivity index (χ0) is 8.97. The third-order valence-electron chi connectivity index (χ3n) is 1.49. The van der Waals surface area contributed by atoms with Crippen molar-refractivity contribution in [3.8, 4) is 11.6 Å². The highest BCUT2D eigenvalue weighted by atomic mass is 16.5. The molecule has 0 fully saturated rings. The molecule has 0 saturated heterocycles. The molecule has 0 amide bonds. The molecule has 0 N–H and O–H groups in total. The van der Waals surface area contributed by atoms with Crippen LogP contribution in [-0.4, -0.2) is 19.2 Å². The topological polar surface area (TPSA) is 31.4 Å². The average Bonchev–Trinajstić information content (AvgIpc) is 2.16. The second-order valence-electron chi connectivity index (χ2n) is 2.18. The Balaban J connectivity index is 3.10. The summed E-state index contributed by atoms with van der Waals surface area (Å²) in [5, 5.41) is 0. The molecule has 1 aromatic rings. The summed E-state index contributed by atoms with van der Waals surface area (Å²) in [7, 11) is 3.13. The minimum absolute atomic E-state index is 0.489. The molecule has 0 aromatic carbocycles. The molecule has 1 aromatic heterocycles. The van der Waals surface area contributed by atoms with Gasteiger partial charge in [0.2, 0.25) is 0 Å². The summed E-state index contributed by atoms with van der Waals surface area (Å²) in [4.78, 5) is 4.02. The third kappa shape index (κ3) is 1.56. The molecule has 12 heavy (non-hydrogen) atoms. The maximum atomic E-state index is 5.04. The monoisotopic (exact) mass is 165 g/mol. The standard InChI is InChI=1S/C9H11NO2/c1-4-7-5-8(11-2)9(12-3)10-6-7/h4-6H,1H2,2-3H3. The van der Waals surface area contributed by atoms with E-state index in [1.807, 2.05) is 6.07 Å². The Morgan fingerprint density at radius 1 is 1.42 bits per heavy atom. The molecule has 0 atom stereocenters. The molecule has 0 aliphatic heterocycles. The normalized spacial score (nSPS) is 9.17. The minimum Gasteiger partial charge on any atom is -0.491 e. The summed E-state index contributed by atoms with van der Waals surface area (Å²) in [5.41, 5.74) is 0.910. The van der Waals surface area contributed by atoms with Gasteiger partial charge in [0.25, 0.3) is 5.88 Å². The van der Waals surface area contributed by atoms with Crippen LogP contribution in [-0.2, 0) is 0 Å². The van der Waals surface area contributed by atoms with Crippen LogP contribution in [0.25, 0.3) is 6.08 Å². The van der Waals surface area contributed by atoms with E-state index in [4.69, 9.17) is 9.47 Å². The van der Waals surface area contributed by atoms with E-state index in [0.717, 1.165) is 5.56 Å². The number of rotatable bonds is 3. The van der Waals surface area contributed by atoms with Crippen LogP contribution in [0.15, 0.2) is 18.8 Å². The second kappa shape index (κ2) is 3.76. The SMILES string of the molecule is C=Cc1cnc(OC)c(OC)c1. The van der Waals surface area contributed by atoms with Crippen molar-refractivity contribution < 1.29 is 9.47 Å². The van der Waals surface area contributed by atoms with Gasteiger partial charge in [-0.1, -0.05) is 12.7 Å². The fraction of sp³-hybridized carbons (Fsp3) is 0.222. The molecule has 1 rings (SSSR count). The molecule has 64 valence electrons. The van der Waals surface area contributed by atoms with Crippen LogP contribution in [0.2, 0.25) is 0 Å². The van der Waals surface area contributed by atoms with Crippen LogP contribution in [0.1, 0.15) is 5.56 Å². The fourth-order valence-corrected chi connectivity index (χ4v) is 0.858. The summed E-state index contributed by atoms with van der Waals surface area (Å²) in [5.74, 6) is 1.11. The highest BCUT2D eigenvalue weighted by Crippen LogP contribution is 2.24. The molecule has 0 bridgehead atoms. The lowest BCUT2D eigenvalue weighted by Gasteiger charge is -2.05. The number of aromatic nitrogens is 1. The van der Waals surface area contributed by atoms with Crippen LogP contribution in [0.3, 0.4) is 0 Å². The van der Waals surface area contributed by atoms with Crippen molar-refractivity contribution in [1.82, 2.24) is 4.98 Å². The predicted molar refractivity (Wildman–Crippen MR) is 47.4 cm³/mol. The molecule has 3 heteroatoms. The number of pyridine rings is 1. The Morgan fingerprint density at radius 3 is 2.67 bits per heavy atom. The lowest BCUT2D eigenvalue weighted by Crippen LogP contribution is -1.93. The Kier molecular flexibility index (Phi) is 2.69. The molecule has 0 aliphatic rings. The van der Waals surface area contributed by atoms with E-state index in [9.17, 15) is 0 Å². The maximum Gasteiger partial charge on any atom is 0.256 e. The van der Waals surface area contributed by atoms with E-state index in [1.165, 1.54) is 0 Å². The zero-order valence-electron chi connectivity index (χ0n) is 7.20. The molecule has 0 radical (unpaired) electrons. The smallest absolute Gasteiger partial charge is 0.256 e. The van der Waals surface area contributed by atoms with Crippen LogP contribution in [0.5, 0.6) is 11.6 Å². The van der Waals surface area contributed by atoms with E-state index in [-0.39, 0.29) is 0 Å². The summed E-state index contributed by atoms with van der Waals surface area (Å²) < 4.78 is 10.0. The number of nitrogens with zero attached hydrogens (tertiary/aromatic N) is 1. The highest BCUT2D eigenvalue weighted by molar-refractivity contribution is 5.50. The molecule has 0 aliphatic carbocycles. The quantitative estimate of drug-likeness (QED) is 0.683. The van der Waals surface area contributed by atoms with Gasteiger partial charge in [-0.15, -0.1) is 0 Å². The van der Waals surface area contributed by atoms with Crippen molar-refractivity contribution in [1.29, 1.82) is 0 Å². The lowest BCUT2D eigenvalue weighted by molar-refractivity contribution is 0.343. The summed E-state index contributed by atoms with van der Waals surface area (Å²) in [6.45, 7) is 3.63. The van der Waals surface area contributed by atoms with E-state index in [2.05, 4.69) is 11.6 Å². The predicted octanol–water partition coefficient (Wildman–Crippen LogP) is 1.74. The van der Waals surface area contributed by atoms with E-state index < -0.39 is 0 Å². The molecular formula is C9H11NO2. The van der Waals surface area contributed by atoms with Crippen molar-refractivity contribution in [2.75, 3.05) is 14.2 Å². The molecule has 0 saturated carbocycles. The van der Waals surface area contributed by atoms with Crippen molar-refractivity contribution in [2.24, 2.45) is 0 Å². The Labute approximate surface area is 71.6 Å². The lowest BCUT2D eigenvalue weighted by atomic mass is 10.3. The largest absolute Gasteiger partial charge is 0.491 e. The first-order chi connectivity index (χ1) is 5.81. The van der Waals surface area contributed by atoms with Crippen molar-refractivity contribution in [3.05, 3.63) is 24.4 Å². The van der Waals surface area contributed by atoms with Gasteiger partial charge in [0, 0.05) is 6.20 Å². The first-order valence-corrected chi connectivity index (χ1v) is 3.52. The van der Waals surface area contributed by atoms with Gasteiger partial charge >= 0.3 is 0 Å². The first-order valence-electron chi connectivity index (χ1n) is 3.52. The summed E-state index contributed by atoms with van der Waals surface area (Å²) in [6, 6.07) is 1.82. The molecule has 0 unspecified atom stereocenters. The average molecular weight is 165 g/mol. The van der Waals surface area contributed by atoms with Gasteiger partial charge in [-0.2, -0.15) is 0 Å². The van der Waals surface area contributed by atoms with Crippen LogP contribution >= 0.6 is 0 Å². The van der Waals surface area contributed by atoms with Crippen LogP contribution < -0.4 is 9.47 Å². The van der Waals surface area contributed by atoms with Gasteiger partial charge in [-0.3, -0.25) is 0 Å². The number of hydrogen-bond donors (Lipinski definition) is 0.